The van der Waals surface area contributed by atoms with Gasteiger partial charge in [0.1, 0.15) is 6.10 Å². The van der Waals surface area contributed by atoms with Gasteiger partial charge in [-0.25, -0.2) is 4.79 Å². The summed E-state index contributed by atoms with van der Waals surface area (Å²) in [5, 5.41) is 9.34. The number of rotatable bonds is 15. The molecule has 0 aliphatic heterocycles. The van der Waals surface area contributed by atoms with Crippen molar-refractivity contribution in [1.82, 2.24) is 0 Å². The molecule has 0 saturated heterocycles. The van der Waals surface area contributed by atoms with Crippen molar-refractivity contribution in [2.24, 2.45) is 11.8 Å². The fourth-order valence-electron chi connectivity index (χ4n) is 3.52. The summed E-state index contributed by atoms with van der Waals surface area (Å²) >= 11 is 0. The van der Waals surface area contributed by atoms with Crippen LogP contribution in [0.3, 0.4) is 0 Å². The second kappa shape index (κ2) is 13.6. The van der Waals surface area contributed by atoms with Crippen molar-refractivity contribution in [3.63, 3.8) is 0 Å². The Labute approximate surface area is 181 Å². The van der Waals surface area contributed by atoms with Gasteiger partial charge in [0, 0.05) is 6.42 Å². The average molecular weight is 413 g/mol. The highest BCUT2D eigenvalue weighted by Crippen LogP contribution is 2.27. The number of aliphatic carboxylic acids is 1. The quantitative estimate of drug-likeness (QED) is 0.268. The number of ether oxygens (including phenoxy) is 1. The van der Waals surface area contributed by atoms with Gasteiger partial charge >= 0.3 is 11.9 Å². The maximum absolute atomic E-state index is 12.8. The third kappa shape index (κ3) is 9.25. The normalized spacial score (nSPS) is 13.7. The summed E-state index contributed by atoms with van der Waals surface area (Å²) in [5.41, 5.74) is 2.09. The standard InChI is InChI=1S/C26H36O4/c1-6-8-12-20(5)15-16-21(18-25(27)28)17-24(19(3)4)30-26(29)23-14-10-9-13-22(23)11-7-2/h6-7,9-10,13-14,20-21,24H,1-3,8,11-12,15-18H2,4-5H3,(H,27,28). The molecule has 30 heavy (non-hydrogen) atoms. The van der Waals surface area contributed by atoms with E-state index in [0.29, 0.717) is 24.3 Å². The molecule has 0 aliphatic carbocycles. The minimum absolute atomic E-state index is 0.0581. The van der Waals surface area contributed by atoms with Gasteiger partial charge in [0.15, 0.2) is 0 Å². The highest BCUT2D eigenvalue weighted by Gasteiger charge is 2.24. The molecule has 0 spiro atoms. The van der Waals surface area contributed by atoms with Crippen LogP contribution in [0.15, 0.2) is 61.7 Å². The largest absolute Gasteiger partial charge is 0.481 e. The van der Waals surface area contributed by atoms with E-state index in [1.165, 1.54) is 0 Å². The predicted molar refractivity (Wildman–Crippen MR) is 123 cm³/mol. The Morgan fingerprint density at radius 2 is 1.83 bits per heavy atom. The highest BCUT2D eigenvalue weighted by atomic mass is 16.5. The molecule has 1 aromatic carbocycles. The van der Waals surface area contributed by atoms with Gasteiger partial charge < -0.3 is 9.84 Å². The van der Waals surface area contributed by atoms with Crippen molar-refractivity contribution in [3.05, 3.63) is 72.9 Å². The monoisotopic (exact) mass is 412 g/mol. The molecule has 0 fully saturated rings. The Bertz CT molecular complexity index is 734. The molecule has 0 bridgehead atoms. The molecular weight excluding hydrogens is 376 g/mol. The van der Waals surface area contributed by atoms with Crippen LogP contribution in [0.1, 0.15) is 68.3 Å². The van der Waals surface area contributed by atoms with Crippen LogP contribution in [-0.2, 0) is 16.0 Å². The molecule has 0 saturated carbocycles. The van der Waals surface area contributed by atoms with E-state index in [9.17, 15) is 14.7 Å². The molecule has 1 N–H and O–H groups in total. The molecule has 4 nitrogen and oxygen atoms in total. The maximum Gasteiger partial charge on any atom is 0.339 e. The maximum atomic E-state index is 12.8. The molecule has 0 aromatic heterocycles. The molecule has 0 radical (unpaired) electrons. The Morgan fingerprint density at radius 1 is 1.13 bits per heavy atom. The number of hydrogen-bond donors (Lipinski definition) is 1. The highest BCUT2D eigenvalue weighted by molar-refractivity contribution is 5.91. The zero-order valence-corrected chi connectivity index (χ0v) is 18.4. The summed E-state index contributed by atoms with van der Waals surface area (Å²) in [4.78, 5) is 24.2. The number of carboxylic acid groups (broad SMARTS) is 1. The van der Waals surface area contributed by atoms with Crippen molar-refractivity contribution < 1.29 is 19.4 Å². The number of hydrogen-bond acceptors (Lipinski definition) is 3. The van der Waals surface area contributed by atoms with E-state index in [4.69, 9.17) is 4.74 Å². The molecule has 1 aromatic rings. The second-order valence-electron chi connectivity index (χ2n) is 8.14. The molecule has 3 unspecified atom stereocenters. The predicted octanol–water partition coefficient (Wildman–Crippen LogP) is 6.38. The lowest BCUT2D eigenvalue weighted by atomic mass is 9.87. The van der Waals surface area contributed by atoms with E-state index in [1.807, 2.05) is 25.1 Å². The summed E-state index contributed by atoms with van der Waals surface area (Å²) in [5.74, 6) is -0.821. The molecule has 4 heteroatoms. The lowest BCUT2D eigenvalue weighted by molar-refractivity contribution is -0.138. The zero-order chi connectivity index (χ0) is 22.5. The first-order valence-corrected chi connectivity index (χ1v) is 10.7. The number of carboxylic acids is 1. The molecule has 3 atom stereocenters. The molecule has 0 amide bonds. The first kappa shape index (κ1) is 25.4. The Hall–Kier alpha value is -2.62. The number of esters is 1. The van der Waals surface area contributed by atoms with Gasteiger partial charge in [0.05, 0.1) is 5.56 Å². The minimum atomic E-state index is -0.832. The first-order valence-electron chi connectivity index (χ1n) is 10.7. The van der Waals surface area contributed by atoms with E-state index in [2.05, 4.69) is 26.7 Å². The van der Waals surface area contributed by atoms with Crippen LogP contribution in [0.2, 0.25) is 0 Å². The number of benzene rings is 1. The Balaban J connectivity index is 2.86. The zero-order valence-electron chi connectivity index (χ0n) is 18.4. The summed E-state index contributed by atoms with van der Waals surface area (Å²) in [7, 11) is 0. The van der Waals surface area contributed by atoms with E-state index in [1.54, 1.807) is 18.2 Å². The lowest BCUT2D eigenvalue weighted by Gasteiger charge is -2.24. The fraction of sp³-hybridized carbons (Fsp3) is 0.462. The summed E-state index contributed by atoms with van der Waals surface area (Å²) in [6, 6.07) is 7.30. The van der Waals surface area contributed by atoms with Crippen LogP contribution in [-0.4, -0.2) is 23.1 Å². The minimum Gasteiger partial charge on any atom is -0.481 e. The van der Waals surface area contributed by atoms with Crippen molar-refractivity contribution in [2.75, 3.05) is 0 Å². The molecular formula is C26H36O4. The van der Waals surface area contributed by atoms with Gasteiger partial charge in [-0.05, 0) is 68.1 Å². The van der Waals surface area contributed by atoms with Gasteiger partial charge in [-0.1, -0.05) is 50.3 Å². The molecule has 0 aliphatic rings. The second-order valence-corrected chi connectivity index (χ2v) is 8.14. The van der Waals surface area contributed by atoms with Gasteiger partial charge in [-0.2, -0.15) is 0 Å². The molecule has 164 valence electrons. The summed E-state index contributed by atoms with van der Waals surface area (Å²) in [6.45, 7) is 15.5. The van der Waals surface area contributed by atoms with Crippen molar-refractivity contribution >= 4 is 11.9 Å². The van der Waals surface area contributed by atoms with Crippen molar-refractivity contribution in [2.45, 2.75) is 64.9 Å². The number of carbonyl (C=O) groups excluding carboxylic acids is 1. The van der Waals surface area contributed by atoms with E-state index >= 15 is 0 Å². The van der Waals surface area contributed by atoms with Gasteiger partial charge in [-0.3, -0.25) is 4.79 Å². The fourth-order valence-corrected chi connectivity index (χ4v) is 3.52. The average Bonchev–Trinajstić information content (AvgIpc) is 2.69. The van der Waals surface area contributed by atoms with E-state index in [0.717, 1.165) is 36.8 Å². The first-order chi connectivity index (χ1) is 14.3. The smallest absolute Gasteiger partial charge is 0.339 e. The Morgan fingerprint density at radius 3 is 2.43 bits per heavy atom. The third-order valence-electron chi connectivity index (χ3n) is 5.34. The van der Waals surface area contributed by atoms with Crippen molar-refractivity contribution in [3.8, 4) is 0 Å². The van der Waals surface area contributed by atoms with E-state index < -0.39 is 18.0 Å². The summed E-state index contributed by atoms with van der Waals surface area (Å²) < 4.78 is 5.79. The number of allylic oxidation sites excluding steroid dienone is 2. The van der Waals surface area contributed by atoms with Crippen LogP contribution in [0.4, 0.5) is 0 Å². The van der Waals surface area contributed by atoms with Crippen LogP contribution in [0, 0.1) is 11.8 Å². The topological polar surface area (TPSA) is 63.6 Å². The SMILES string of the molecule is C=CCCC(C)CCC(CC(=O)O)CC(OC(=O)c1ccccc1CC=C)C(=C)C. The van der Waals surface area contributed by atoms with Crippen molar-refractivity contribution in [1.29, 1.82) is 0 Å². The van der Waals surface area contributed by atoms with Crippen LogP contribution >= 0.6 is 0 Å². The van der Waals surface area contributed by atoms with Crippen LogP contribution in [0.5, 0.6) is 0 Å². The summed E-state index contributed by atoms with van der Waals surface area (Å²) in [6.07, 6.45) is 7.96. The molecule has 0 heterocycles. The third-order valence-corrected chi connectivity index (χ3v) is 5.34. The van der Waals surface area contributed by atoms with E-state index in [-0.39, 0.29) is 12.3 Å². The van der Waals surface area contributed by atoms with Gasteiger partial charge in [0.2, 0.25) is 0 Å². The van der Waals surface area contributed by atoms with Gasteiger partial charge in [-0.15, -0.1) is 13.2 Å². The van der Waals surface area contributed by atoms with Crippen LogP contribution < -0.4 is 0 Å². The lowest BCUT2D eigenvalue weighted by Crippen LogP contribution is -2.24. The number of carbonyl (C=O) groups is 2. The van der Waals surface area contributed by atoms with Gasteiger partial charge in [0.25, 0.3) is 0 Å². The Kier molecular flexibility index (Phi) is 11.5. The molecule has 1 rings (SSSR count). The van der Waals surface area contributed by atoms with Crippen LogP contribution in [0.25, 0.3) is 0 Å².